The number of anilines is 1. The van der Waals surface area contributed by atoms with Crippen LogP contribution in [0.25, 0.3) is 6.08 Å². The molecule has 0 saturated heterocycles. The van der Waals surface area contributed by atoms with Crippen molar-refractivity contribution in [2.75, 3.05) is 18.5 Å². The number of carbonyl (C=O) groups excluding carboxylic acids is 3. The summed E-state index contributed by atoms with van der Waals surface area (Å²) >= 11 is 6.10. The Morgan fingerprint density at radius 3 is 2.32 bits per heavy atom. The van der Waals surface area contributed by atoms with Crippen molar-refractivity contribution >= 4 is 40.8 Å². The first kappa shape index (κ1) is 23.3. The van der Waals surface area contributed by atoms with Crippen LogP contribution in [0.3, 0.4) is 0 Å². The van der Waals surface area contributed by atoms with Crippen LogP contribution in [0.4, 0.5) is 5.69 Å². The molecule has 1 aliphatic carbocycles. The molecule has 3 aromatic rings. The first-order chi connectivity index (χ1) is 16.4. The summed E-state index contributed by atoms with van der Waals surface area (Å²) in [6, 6.07) is 17.0. The van der Waals surface area contributed by atoms with E-state index < -0.39 is 0 Å². The maximum absolute atomic E-state index is 12.7. The molecule has 1 aliphatic rings. The minimum atomic E-state index is -0.348. The SMILES string of the molecule is CCOc1cc(C=C2C(=O)c3ccccc3C2=O)ccc1OCC(=O)Nc1cccc(Cl)c1C. The molecular weight excluding hydrogens is 454 g/mol. The molecule has 6 nitrogen and oxygen atoms in total. The molecule has 3 aromatic carbocycles. The molecule has 0 spiro atoms. The normalized spacial score (nSPS) is 12.4. The van der Waals surface area contributed by atoms with Crippen molar-refractivity contribution in [2.24, 2.45) is 0 Å². The van der Waals surface area contributed by atoms with Crippen molar-refractivity contribution in [2.45, 2.75) is 13.8 Å². The second-order valence-electron chi connectivity index (χ2n) is 7.65. The van der Waals surface area contributed by atoms with Crippen LogP contribution < -0.4 is 14.8 Å². The molecule has 172 valence electrons. The second-order valence-corrected chi connectivity index (χ2v) is 8.06. The van der Waals surface area contributed by atoms with Crippen molar-refractivity contribution < 1.29 is 23.9 Å². The van der Waals surface area contributed by atoms with Crippen LogP contribution in [0.1, 0.15) is 38.8 Å². The largest absolute Gasteiger partial charge is 0.490 e. The van der Waals surface area contributed by atoms with E-state index in [1.54, 1.807) is 66.7 Å². The molecule has 1 N–H and O–H groups in total. The topological polar surface area (TPSA) is 81.7 Å². The molecule has 7 heteroatoms. The van der Waals surface area contributed by atoms with E-state index in [2.05, 4.69) is 5.32 Å². The van der Waals surface area contributed by atoms with Crippen LogP contribution in [-0.2, 0) is 4.79 Å². The number of nitrogens with one attached hydrogen (secondary N) is 1. The highest BCUT2D eigenvalue weighted by molar-refractivity contribution is 6.41. The van der Waals surface area contributed by atoms with E-state index in [0.29, 0.717) is 45.5 Å². The number of carbonyl (C=O) groups is 3. The Labute approximate surface area is 202 Å². The van der Waals surface area contributed by atoms with Crippen molar-refractivity contribution in [3.8, 4) is 11.5 Å². The highest BCUT2D eigenvalue weighted by atomic mass is 35.5. The summed E-state index contributed by atoms with van der Waals surface area (Å²) in [5, 5.41) is 3.34. The molecule has 0 atom stereocenters. The van der Waals surface area contributed by atoms with E-state index >= 15 is 0 Å². The van der Waals surface area contributed by atoms with Gasteiger partial charge in [0.05, 0.1) is 12.2 Å². The number of benzene rings is 3. The average Bonchev–Trinajstić information content (AvgIpc) is 3.07. The van der Waals surface area contributed by atoms with Crippen LogP contribution in [-0.4, -0.2) is 30.7 Å². The zero-order chi connectivity index (χ0) is 24.2. The third-order valence-corrected chi connectivity index (χ3v) is 5.79. The fourth-order valence-electron chi connectivity index (χ4n) is 3.64. The van der Waals surface area contributed by atoms with Gasteiger partial charge in [-0.05, 0) is 55.3 Å². The number of ether oxygens (including phenoxy) is 2. The number of fused-ring (bicyclic) bond motifs is 1. The molecule has 0 saturated carbocycles. The molecule has 0 aromatic heterocycles. The molecule has 0 bridgehead atoms. The molecule has 0 heterocycles. The van der Waals surface area contributed by atoms with Crippen molar-refractivity contribution in [3.63, 3.8) is 0 Å². The summed E-state index contributed by atoms with van der Waals surface area (Å²) < 4.78 is 11.4. The van der Waals surface area contributed by atoms with E-state index in [1.165, 1.54) is 0 Å². The van der Waals surface area contributed by atoms with Gasteiger partial charge in [-0.1, -0.05) is 48.0 Å². The van der Waals surface area contributed by atoms with E-state index in [1.807, 2.05) is 13.8 Å². The van der Waals surface area contributed by atoms with E-state index in [4.69, 9.17) is 21.1 Å². The van der Waals surface area contributed by atoms with Gasteiger partial charge in [0.15, 0.2) is 29.7 Å². The number of ketones is 2. The van der Waals surface area contributed by atoms with Crippen molar-refractivity contribution in [3.05, 3.63) is 93.5 Å². The van der Waals surface area contributed by atoms with E-state index in [-0.39, 0.29) is 29.7 Å². The molecule has 0 fully saturated rings. The van der Waals surface area contributed by atoms with Gasteiger partial charge in [-0.2, -0.15) is 0 Å². The van der Waals surface area contributed by atoms with Crippen molar-refractivity contribution in [1.29, 1.82) is 0 Å². The zero-order valence-electron chi connectivity index (χ0n) is 18.7. The quantitative estimate of drug-likeness (QED) is 0.359. The van der Waals surface area contributed by atoms with Gasteiger partial charge < -0.3 is 14.8 Å². The first-order valence-corrected chi connectivity index (χ1v) is 11.1. The minimum absolute atomic E-state index is 0.105. The van der Waals surface area contributed by atoms with Gasteiger partial charge in [-0.3, -0.25) is 14.4 Å². The lowest BCUT2D eigenvalue weighted by molar-refractivity contribution is -0.118. The predicted molar refractivity (Wildman–Crippen MR) is 131 cm³/mol. The van der Waals surface area contributed by atoms with Crippen LogP contribution in [0.15, 0.2) is 66.2 Å². The summed E-state index contributed by atoms with van der Waals surface area (Å²) in [5.41, 5.74) is 2.91. The number of halogens is 1. The third-order valence-electron chi connectivity index (χ3n) is 5.38. The Bertz CT molecular complexity index is 1290. The lowest BCUT2D eigenvalue weighted by Crippen LogP contribution is -2.21. The minimum Gasteiger partial charge on any atom is -0.490 e. The Morgan fingerprint density at radius 2 is 1.65 bits per heavy atom. The van der Waals surface area contributed by atoms with E-state index in [9.17, 15) is 14.4 Å². The molecule has 0 radical (unpaired) electrons. The number of rotatable bonds is 7. The zero-order valence-corrected chi connectivity index (χ0v) is 19.4. The Balaban J connectivity index is 1.50. The van der Waals surface area contributed by atoms with Gasteiger partial charge in [0.1, 0.15) is 0 Å². The fraction of sp³-hybridized carbons (Fsp3) is 0.148. The van der Waals surface area contributed by atoms with Gasteiger partial charge in [-0.25, -0.2) is 0 Å². The van der Waals surface area contributed by atoms with Crippen LogP contribution in [0.2, 0.25) is 5.02 Å². The van der Waals surface area contributed by atoms with Gasteiger partial charge in [0.25, 0.3) is 5.91 Å². The van der Waals surface area contributed by atoms with Gasteiger partial charge in [0, 0.05) is 21.8 Å². The average molecular weight is 476 g/mol. The number of hydrogen-bond acceptors (Lipinski definition) is 5. The summed E-state index contributed by atoms with van der Waals surface area (Å²) in [7, 11) is 0. The third kappa shape index (κ3) is 4.72. The molecular formula is C27H22ClNO5. The first-order valence-electron chi connectivity index (χ1n) is 10.7. The summed E-state index contributed by atoms with van der Waals surface area (Å²) in [6.07, 6.45) is 1.55. The number of allylic oxidation sites excluding steroid dienone is 1. The lowest BCUT2D eigenvalue weighted by Gasteiger charge is -2.14. The number of amides is 1. The number of Topliss-reactive ketones (excluding diaryl/α,β-unsaturated/α-hetero) is 2. The molecule has 0 aliphatic heterocycles. The monoisotopic (exact) mass is 475 g/mol. The molecule has 0 unspecified atom stereocenters. The van der Waals surface area contributed by atoms with Gasteiger partial charge >= 0.3 is 0 Å². The highest BCUT2D eigenvalue weighted by Gasteiger charge is 2.32. The second kappa shape index (κ2) is 9.93. The van der Waals surface area contributed by atoms with Crippen molar-refractivity contribution in [1.82, 2.24) is 0 Å². The highest BCUT2D eigenvalue weighted by Crippen LogP contribution is 2.32. The van der Waals surface area contributed by atoms with E-state index in [0.717, 1.165) is 5.56 Å². The standard InChI is InChI=1S/C27H22ClNO5/c1-3-33-24-14-17(13-20-26(31)18-7-4-5-8-19(18)27(20)32)11-12-23(24)34-15-25(30)29-22-10-6-9-21(28)16(22)2/h4-14H,3,15H2,1-2H3,(H,29,30). The van der Waals surface area contributed by atoms with Crippen LogP contribution in [0.5, 0.6) is 11.5 Å². The summed E-state index contributed by atoms with van der Waals surface area (Å²) in [5.74, 6) is -0.175. The summed E-state index contributed by atoms with van der Waals surface area (Å²) in [6.45, 7) is 3.77. The molecule has 34 heavy (non-hydrogen) atoms. The Hall–Kier alpha value is -3.90. The van der Waals surface area contributed by atoms with Crippen LogP contribution in [0, 0.1) is 6.92 Å². The molecule has 1 amide bonds. The fourth-order valence-corrected chi connectivity index (χ4v) is 3.82. The Kier molecular flexibility index (Phi) is 6.80. The molecule has 4 rings (SSSR count). The maximum Gasteiger partial charge on any atom is 0.262 e. The summed E-state index contributed by atoms with van der Waals surface area (Å²) in [4.78, 5) is 37.7. The predicted octanol–water partition coefficient (Wildman–Crippen LogP) is 5.53. The van der Waals surface area contributed by atoms with Gasteiger partial charge in [0.2, 0.25) is 0 Å². The van der Waals surface area contributed by atoms with Gasteiger partial charge in [-0.15, -0.1) is 0 Å². The lowest BCUT2D eigenvalue weighted by atomic mass is 10.1. The maximum atomic E-state index is 12.7. The van der Waals surface area contributed by atoms with Crippen LogP contribution >= 0.6 is 11.6 Å². The smallest absolute Gasteiger partial charge is 0.262 e. The number of hydrogen-bond donors (Lipinski definition) is 1. The Morgan fingerprint density at radius 1 is 0.941 bits per heavy atom.